The highest BCUT2D eigenvalue weighted by molar-refractivity contribution is 7.11. The van der Waals surface area contributed by atoms with Crippen molar-refractivity contribution in [1.82, 2.24) is 4.98 Å². The van der Waals surface area contributed by atoms with E-state index in [4.69, 9.17) is 5.11 Å². The molecule has 2 rings (SSSR count). The largest absolute Gasteiger partial charge is 0.478 e. The van der Waals surface area contributed by atoms with Crippen LogP contribution in [0.5, 0.6) is 0 Å². The first-order chi connectivity index (χ1) is 8.97. The smallest absolute Gasteiger partial charge is 0.335 e. The van der Waals surface area contributed by atoms with Crippen LogP contribution in [0, 0.1) is 19.7 Å². The molecular formula is C13H13FN2O2S. The molecule has 0 fully saturated rings. The summed E-state index contributed by atoms with van der Waals surface area (Å²) in [5.74, 6) is -1.54. The molecule has 0 saturated heterocycles. The molecule has 0 aliphatic rings. The van der Waals surface area contributed by atoms with Crippen LogP contribution in [0.25, 0.3) is 0 Å². The van der Waals surface area contributed by atoms with Crippen LogP contribution < -0.4 is 5.32 Å². The number of rotatable bonds is 4. The Morgan fingerprint density at radius 1 is 1.47 bits per heavy atom. The molecule has 0 amide bonds. The van der Waals surface area contributed by atoms with Gasteiger partial charge in [0, 0.05) is 4.88 Å². The van der Waals surface area contributed by atoms with Gasteiger partial charge in [-0.2, -0.15) is 0 Å². The first-order valence-corrected chi connectivity index (χ1v) is 6.48. The molecule has 1 aromatic heterocycles. The molecule has 0 aliphatic carbocycles. The minimum atomic E-state index is -1.08. The lowest BCUT2D eigenvalue weighted by molar-refractivity contribution is 0.0697. The van der Waals surface area contributed by atoms with Gasteiger partial charge in [-0.3, -0.25) is 0 Å². The highest BCUT2D eigenvalue weighted by atomic mass is 32.1. The van der Waals surface area contributed by atoms with E-state index in [9.17, 15) is 9.18 Å². The number of aromatic nitrogens is 1. The Kier molecular flexibility index (Phi) is 3.80. The normalized spacial score (nSPS) is 10.5. The number of nitrogens with one attached hydrogen (secondary N) is 1. The van der Waals surface area contributed by atoms with E-state index in [0.717, 1.165) is 21.6 Å². The van der Waals surface area contributed by atoms with E-state index in [1.165, 1.54) is 23.5 Å². The molecule has 1 heterocycles. The number of hydrogen-bond donors (Lipinski definition) is 2. The van der Waals surface area contributed by atoms with Crippen molar-refractivity contribution in [3.63, 3.8) is 0 Å². The fourth-order valence-corrected chi connectivity index (χ4v) is 2.58. The number of aryl methyl sites for hydroxylation is 2. The van der Waals surface area contributed by atoms with Gasteiger partial charge in [0.2, 0.25) is 0 Å². The van der Waals surface area contributed by atoms with E-state index in [0.29, 0.717) is 6.54 Å². The summed E-state index contributed by atoms with van der Waals surface area (Å²) in [5, 5.41) is 12.7. The predicted molar refractivity (Wildman–Crippen MR) is 72.3 cm³/mol. The van der Waals surface area contributed by atoms with Crippen molar-refractivity contribution in [2.24, 2.45) is 0 Å². The Bertz CT molecular complexity index is 625. The van der Waals surface area contributed by atoms with E-state index < -0.39 is 11.8 Å². The zero-order valence-corrected chi connectivity index (χ0v) is 11.3. The van der Waals surface area contributed by atoms with Crippen molar-refractivity contribution in [2.45, 2.75) is 20.4 Å². The van der Waals surface area contributed by atoms with E-state index in [2.05, 4.69) is 10.3 Å². The summed E-state index contributed by atoms with van der Waals surface area (Å²) in [5.41, 5.74) is 1.15. The van der Waals surface area contributed by atoms with Crippen molar-refractivity contribution in [2.75, 3.05) is 5.32 Å². The van der Waals surface area contributed by atoms with Crippen LogP contribution in [0.4, 0.5) is 10.1 Å². The number of halogens is 1. The molecule has 0 radical (unpaired) electrons. The predicted octanol–water partition coefficient (Wildman–Crippen LogP) is 3.21. The molecule has 0 saturated carbocycles. The maximum absolute atomic E-state index is 13.6. The van der Waals surface area contributed by atoms with Gasteiger partial charge < -0.3 is 10.4 Å². The number of benzene rings is 1. The van der Waals surface area contributed by atoms with E-state index in [-0.39, 0.29) is 11.3 Å². The summed E-state index contributed by atoms with van der Waals surface area (Å²) >= 11 is 1.54. The summed E-state index contributed by atoms with van der Waals surface area (Å²) in [6.45, 7) is 4.23. The number of hydrogen-bond acceptors (Lipinski definition) is 4. The number of aromatic carboxylic acids is 1. The van der Waals surface area contributed by atoms with Gasteiger partial charge >= 0.3 is 5.97 Å². The number of nitrogens with zero attached hydrogens (tertiary/aromatic N) is 1. The molecule has 0 atom stereocenters. The van der Waals surface area contributed by atoms with Crippen LogP contribution >= 0.6 is 11.3 Å². The van der Waals surface area contributed by atoms with Crippen molar-refractivity contribution in [1.29, 1.82) is 0 Å². The summed E-state index contributed by atoms with van der Waals surface area (Å²) in [7, 11) is 0. The number of carboxylic acid groups (broad SMARTS) is 1. The van der Waals surface area contributed by atoms with Crippen LogP contribution in [0.3, 0.4) is 0 Å². The monoisotopic (exact) mass is 280 g/mol. The van der Waals surface area contributed by atoms with E-state index in [1.54, 1.807) is 0 Å². The third-order valence-corrected chi connectivity index (χ3v) is 3.73. The Labute approximate surface area is 113 Å². The standard InChI is InChI=1S/C13H13FN2O2S/c1-7-12(19-8(2)16-7)6-15-11-5-9(13(17)18)3-4-10(11)14/h3-5,15H,6H2,1-2H3,(H,17,18). The van der Waals surface area contributed by atoms with Gasteiger partial charge in [0.05, 0.1) is 28.5 Å². The third-order valence-electron chi connectivity index (χ3n) is 2.65. The van der Waals surface area contributed by atoms with Gasteiger partial charge in [-0.25, -0.2) is 14.2 Å². The Morgan fingerprint density at radius 3 is 2.79 bits per heavy atom. The number of carboxylic acids is 1. The second-order valence-electron chi connectivity index (χ2n) is 4.09. The molecule has 2 aromatic rings. The molecule has 1 aromatic carbocycles. The van der Waals surface area contributed by atoms with Crippen molar-refractivity contribution < 1.29 is 14.3 Å². The Balaban J connectivity index is 2.17. The van der Waals surface area contributed by atoms with Crippen molar-refractivity contribution in [3.8, 4) is 0 Å². The molecule has 0 spiro atoms. The van der Waals surface area contributed by atoms with Gasteiger partial charge in [0.1, 0.15) is 5.82 Å². The second-order valence-corrected chi connectivity index (χ2v) is 5.38. The van der Waals surface area contributed by atoms with Gasteiger partial charge in [0.15, 0.2) is 0 Å². The summed E-state index contributed by atoms with van der Waals surface area (Å²) in [4.78, 5) is 16.1. The molecular weight excluding hydrogens is 267 g/mol. The van der Waals surface area contributed by atoms with Crippen molar-refractivity contribution >= 4 is 23.0 Å². The molecule has 0 unspecified atom stereocenters. The first kappa shape index (κ1) is 13.5. The number of anilines is 1. The lowest BCUT2D eigenvalue weighted by atomic mass is 10.2. The molecule has 100 valence electrons. The number of thiazole rings is 1. The fourth-order valence-electron chi connectivity index (χ4n) is 1.71. The van der Waals surface area contributed by atoms with E-state index in [1.807, 2.05) is 13.8 Å². The topological polar surface area (TPSA) is 62.2 Å². The third kappa shape index (κ3) is 3.08. The van der Waals surface area contributed by atoms with Gasteiger partial charge in [0.25, 0.3) is 0 Å². The summed E-state index contributed by atoms with van der Waals surface area (Å²) < 4.78 is 13.6. The molecule has 6 heteroatoms. The highest BCUT2D eigenvalue weighted by Crippen LogP contribution is 2.21. The zero-order chi connectivity index (χ0) is 14.0. The average Bonchev–Trinajstić information content (AvgIpc) is 2.66. The molecule has 0 bridgehead atoms. The first-order valence-electron chi connectivity index (χ1n) is 5.67. The lowest BCUT2D eigenvalue weighted by Crippen LogP contribution is -2.04. The minimum absolute atomic E-state index is 0.0566. The zero-order valence-electron chi connectivity index (χ0n) is 10.5. The highest BCUT2D eigenvalue weighted by Gasteiger charge is 2.10. The second kappa shape index (κ2) is 5.36. The van der Waals surface area contributed by atoms with Gasteiger partial charge in [-0.15, -0.1) is 11.3 Å². The SMILES string of the molecule is Cc1nc(C)c(CNc2cc(C(=O)O)ccc2F)s1. The molecule has 19 heavy (non-hydrogen) atoms. The van der Waals surface area contributed by atoms with Gasteiger partial charge in [-0.05, 0) is 32.0 Å². The van der Waals surface area contributed by atoms with Crippen LogP contribution in [0.2, 0.25) is 0 Å². The maximum Gasteiger partial charge on any atom is 0.335 e. The summed E-state index contributed by atoms with van der Waals surface area (Å²) in [6, 6.07) is 3.68. The lowest BCUT2D eigenvalue weighted by Gasteiger charge is -2.07. The Hall–Kier alpha value is -1.95. The van der Waals surface area contributed by atoms with Crippen molar-refractivity contribution in [3.05, 3.63) is 45.2 Å². The summed E-state index contributed by atoms with van der Waals surface area (Å²) in [6.07, 6.45) is 0. The quantitative estimate of drug-likeness (QED) is 0.902. The van der Waals surface area contributed by atoms with Crippen LogP contribution in [0.1, 0.15) is 25.9 Å². The fraction of sp³-hybridized carbons (Fsp3) is 0.231. The molecule has 2 N–H and O–H groups in total. The molecule has 4 nitrogen and oxygen atoms in total. The van der Waals surface area contributed by atoms with Crippen LogP contribution in [-0.4, -0.2) is 16.1 Å². The number of carbonyl (C=O) groups is 1. The average molecular weight is 280 g/mol. The Morgan fingerprint density at radius 2 is 2.21 bits per heavy atom. The van der Waals surface area contributed by atoms with Gasteiger partial charge in [-0.1, -0.05) is 0 Å². The van der Waals surface area contributed by atoms with Crippen LogP contribution in [-0.2, 0) is 6.54 Å². The van der Waals surface area contributed by atoms with Crippen LogP contribution in [0.15, 0.2) is 18.2 Å². The maximum atomic E-state index is 13.6. The molecule has 0 aliphatic heterocycles. The minimum Gasteiger partial charge on any atom is -0.478 e. The van der Waals surface area contributed by atoms with E-state index >= 15 is 0 Å².